The second-order valence-corrected chi connectivity index (χ2v) is 5.50. The topological polar surface area (TPSA) is 49.7 Å². The summed E-state index contributed by atoms with van der Waals surface area (Å²) in [5, 5.41) is 18.6. The normalized spacial score (nSPS) is 26.5. The van der Waals surface area contributed by atoms with E-state index < -0.39 is 11.2 Å². The van der Waals surface area contributed by atoms with Gasteiger partial charge >= 0.3 is 0 Å². The van der Waals surface area contributed by atoms with Gasteiger partial charge in [-0.15, -0.1) is 0 Å². The molecule has 1 radical (unpaired) electrons. The molecule has 4 heteroatoms. The molecule has 15 heavy (non-hydrogen) atoms. The number of aliphatic hydroxyl groups excluding tert-OH is 1. The van der Waals surface area contributed by atoms with E-state index in [1.54, 1.807) is 13.8 Å². The molecule has 1 saturated carbocycles. The van der Waals surface area contributed by atoms with Crippen molar-refractivity contribution in [3.05, 3.63) is 0 Å². The van der Waals surface area contributed by atoms with Gasteiger partial charge in [-0.05, 0) is 45.9 Å². The maximum absolute atomic E-state index is 9.86. The van der Waals surface area contributed by atoms with Gasteiger partial charge in [-0.2, -0.15) is 0 Å². The number of aliphatic hydroxyl groups is 2. The first kappa shape index (κ1) is 13.0. The first-order chi connectivity index (χ1) is 6.78. The van der Waals surface area contributed by atoms with Gasteiger partial charge in [0.25, 0.3) is 7.48 Å². The zero-order chi connectivity index (χ0) is 11.7. The first-order valence-corrected chi connectivity index (χ1v) is 5.62. The molecular weight excluding hydrogens is 191 g/mol. The average molecular weight is 213 g/mol. The van der Waals surface area contributed by atoms with Crippen LogP contribution in [0.1, 0.15) is 40.5 Å². The third-order valence-electron chi connectivity index (χ3n) is 3.49. The largest absolute Gasteiger partial charge is 0.433 e. The predicted octanol–water partition coefficient (Wildman–Crippen LogP) is 1.36. The van der Waals surface area contributed by atoms with E-state index in [0.717, 1.165) is 12.8 Å². The van der Waals surface area contributed by atoms with Crippen LogP contribution in [0.2, 0.25) is 5.82 Å². The first-order valence-electron chi connectivity index (χ1n) is 5.62. The van der Waals surface area contributed by atoms with Crippen LogP contribution in [0.15, 0.2) is 0 Å². The minimum atomic E-state index is -0.856. The molecule has 1 rings (SSSR count). The van der Waals surface area contributed by atoms with Crippen LogP contribution in [-0.4, -0.2) is 35.5 Å². The van der Waals surface area contributed by atoms with Gasteiger partial charge in [0.1, 0.15) is 0 Å². The Morgan fingerprint density at radius 2 is 1.93 bits per heavy atom. The van der Waals surface area contributed by atoms with Crippen molar-refractivity contribution < 1.29 is 14.9 Å². The lowest BCUT2D eigenvalue weighted by Gasteiger charge is -2.37. The molecular formula is C11H22BO3. The Kier molecular flexibility index (Phi) is 3.85. The Bertz CT molecular complexity index is 210. The van der Waals surface area contributed by atoms with Gasteiger partial charge in [-0.1, -0.05) is 6.42 Å². The number of rotatable bonds is 6. The Hall–Kier alpha value is -0.0551. The molecule has 0 saturated heterocycles. The Morgan fingerprint density at radius 3 is 2.40 bits per heavy atom. The molecule has 1 fully saturated rings. The highest BCUT2D eigenvalue weighted by atomic mass is 16.5. The van der Waals surface area contributed by atoms with Gasteiger partial charge in [0.05, 0.1) is 11.2 Å². The summed E-state index contributed by atoms with van der Waals surface area (Å²) in [7, 11) is 1.83. The summed E-state index contributed by atoms with van der Waals surface area (Å²) < 4.78 is 5.64. The lowest BCUT2D eigenvalue weighted by Crippen LogP contribution is -2.48. The third kappa shape index (κ3) is 3.47. The van der Waals surface area contributed by atoms with Crippen LogP contribution >= 0.6 is 0 Å². The van der Waals surface area contributed by atoms with Crippen molar-refractivity contribution in [2.24, 2.45) is 5.92 Å². The van der Waals surface area contributed by atoms with E-state index >= 15 is 0 Å². The molecule has 0 heterocycles. The summed E-state index contributed by atoms with van der Waals surface area (Å²) in [5.41, 5.74) is -1.43. The van der Waals surface area contributed by atoms with E-state index in [0.29, 0.717) is 11.7 Å². The molecule has 0 aliphatic heterocycles. The summed E-state index contributed by atoms with van der Waals surface area (Å²) in [6.45, 7) is 7.52. The number of hydrogen-bond donors (Lipinski definition) is 2. The maximum atomic E-state index is 9.86. The fourth-order valence-corrected chi connectivity index (χ4v) is 1.34. The third-order valence-corrected chi connectivity index (χ3v) is 3.49. The highest BCUT2D eigenvalue weighted by Gasteiger charge is 2.42. The molecule has 0 aromatic heterocycles. The zero-order valence-electron chi connectivity index (χ0n) is 10.2. The standard InChI is InChI=1S/C11H22BO3/c1-10(2,14)11(3,4)15-12-9-7-8(9)5-6-13/h8-9,13-14H,5-7H2,1-4H3. The number of hydrogen-bond acceptors (Lipinski definition) is 3. The van der Waals surface area contributed by atoms with Gasteiger partial charge in [0.15, 0.2) is 0 Å². The molecule has 0 spiro atoms. The summed E-state index contributed by atoms with van der Waals surface area (Å²) in [6.07, 6.45) is 1.95. The maximum Gasteiger partial charge on any atom is 0.296 e. The summed E-state index contributed by atoms with van der Waals surface area (Å²) in [6, 6.07) is 0. The van der Waals surface area contributed by atoms with Crippen LogP contribution in [0.4, 0.5) is 0 Å². The van der Waals surface area contributed by atoms with Crippen molar-refractivity contribution in [1.29, 1.82) is 0 Å². The zero-order valence-corrected chi connectivity index (χ0v) is 10.2. The van der Waals surface area contributed by atoms with Crippen molar-refractivity contribution in [2.75, 3.05) is 6.61 Å². The smallest absolute Gasteiger partial charge is 0.296 e. The summed E-state index contributed by atoms with van der Waals surface area (Å²) in [4.78, 5) is 0. The van der Waals surface area contributed by atoms with Crippen LogP contribution in [0.25, 0.3) is 0 Å². The van der Waals surface area contributed by atoms with E-state index in [2.05, 4.69) is 0 Å². The van der Waals surface area contributed by atoms with E-state index in [1.165, 1.54) is 0 Å². The van der Waals surface area contributed by atoms with Crippen LogP contribution in [0, 0.1) is 5.92 Å². The lowest BCUT2D eigenvalue weighted by molar-refractivity contribution is -0.0906. The predicted molar refractivity (Wildman–Crippen MR) is 60.8 cm³/mol. The van der Waals surface area contributed by atoms with Gasteiger partial charge in [0, 0.05) is 6.61 Å². The fraction of sp³-hybridized carbons (Fsp3) is 1.00. The Labute approximate surface area is 93.1 Å². The average Bonchev–Trinajstić information content (AvgIpc) is 2.79. The van der Waals surface area contributed by atoms with E-state index in [-0.39, 0.29) is 6.61 Å². The molecule has 2 N–H and O–H groups in total. The molecule has 0 bridgehead atoms. The van der Waals surface area contributed by atoms with Gasteiger partial charge in [0.2, 0.25) is 0 Å². The highest BCUT2D eigenvalue weighted by molar-refractivity contribution is 6.31. The Morgan fingerprint density at radius 1 is 1.33 bits per heavy atom. The van der Waals surface area contributed by atoms with E-state index in [1.807, 2.05) is 21.3 Å². The lowest BCUT2D eigenvalue weighted by atomic mass is 9.83. The molecule has 2 unspecified atom stereocenters. The summed E-state index contributed by atoms with van der Waals surface area (Å²) >= 11 is 0. The molecule has 0 aromatic carbocycles. The SMILES string of the molecule is CC(C)(O)C(C)(C)O[B]C1CC1CCO. The van der Waals surface area contributed by atoms with E-state index in [4.69, 9.17) is 9.76 Å². The van der Waals surface area contributed by atoms with Crippen LogP contribution < -0.4 is 0 Å². The molecule has 0 amide bonds. The van der Waals surface area contributed by atoms with Gasteiger partial charge in [-0.3, -0.25) is 0 Å². The minimum absolute atomic E-state index is 0.254. The van der Waals surface area contributed by atoms with E-state index in [9.17, 15) is 5.11 Å². The molecule has 3 nitrogen and oxygen atoms in total. The molecule has 87 valence electrons. The van der Waals surface area contributed by atoms with Crippen molar-refractivity contribution in [2.45, 2.75) is 57.6 Å². The fourth-order valence-electron chi connectivity index (χ4n) is 1.34. The van der Waals surface area contributed by atoms with Crippen molar-refractivity contribution in [3.63, 3.8) is 0 Å². The van der Waals surface area contributed by atoms with Crippen LogP contribution in [0.5, 0.6) is 0 Å². The van der Waals surface area contributed by atoms with Crippen LogP contribution in [0.3, 0.4) is 0 Å². The summed E-state index contributed by atoms with van der Waals surface area (Å²) in [5.74, 6) is 1.03. The molecule has 1 aliphatic rings. The second-order valence-electron chi connectivity index (χ2n) is 5.50. The van der Waals surface area contributed by atoms with Crippen molar-refractivity contribution >= 4 is 7.48 Å². The Balaban J connectivity index is 2.26. The van der Waals surface area contributed by atoms with Crippen molar-refractivity contribution in [3.8, 4) is 0 Å². The monoisotopic (exact) mass is 213 g/mol. The van der Waals surface area contributed by atoms with Gasteiger partial charge < -0.3 is 14.9 Å². The minimum Gasteiger partial charge on any atom is -0.433 e. The van der Waals surface area contributed by atoms with Gasteiger partial charge in [-0.25, -0.2) is 0 Å². The molecule has 1 aliphatic carbocycles. The van der Waals surface area contributed by atoms with Crippen LogP contribution in [-0.2, 0) is 4.65 Å². The highest BCUT2D eigenvalue weighted by Crippen LogP contribution is 2.47. The molecule has 2 atom stereocenters. The quantitative estimate of drug-likeness (QED) is 0.655. The second kappa shape index (κ2) is 4.44. The van der Waals surface area contributed by atoms with Crippen molar-refractivity contribution in [1.82, 2.24) is 0 Å². The molecule has 0 aromatic rings.